The van der Waals surface area contributed by atoms with Crippen molar-refractivity contribution in [3.8, 4) is 0 Å². The predicted octanol–water partition coefficient (Wildman–Crippen LogP) is 4.44. The molecule has 0 heterocycles. The van der Waals surface area contributed by atoms with Gasteiger partial charge in [0, 0.05) is 25.2 Å². The number of ether oxygens (including phenoxy) is 1. The van der Waals surface area contributed by atoms with Gasteiger partial charge in [-0.15, -0.1) is 0 Å². The number of aliphatic hydroxyl groups is 1. The number of aliphatic carboxylic acids is 1. The minimum atomic E-state index is -1.83. The summed E-state index contributed by atoms with van der Waals surface area (Å²) in [6.45, 7) is 6.09. The Labute approximate surface area is 167 Å². The van der Waals surface area contributed by atoms with E-state index in [2.05, 4.69) is 13.8 Å². The summed E-state index contributed by atoms with van der Waals surface area (Å²) in [5.74, 6) is -1.54. The molecule has 0 aliphatic rings. The highest BCUT2D eigenvalue weighted by atomic mass is 16.5. The number of rotatable bonds is 10. The molecule has 28 heavy (non-hydrogen) atoms. The third-order valence-corrected chi connectivity index (χ3v) is 4.06. The molecule has 1 unspecified atom stereocenters. The number of hydrogen-bond acceptors (Lipinski definition) is 4. The fourth-order valence-electron chi connectivity index (χ4n) is 2.61. The summed E-state index contributed by atoms with van der Waals surface area (Å²) in [4.78, 5) is 23.5. The third kappa shape index (κ3) is 7.62. The van der Waals surface area contributed by atoms with E-state index in [-0.39, 0.29) is 12.8 Å². The number of carboxylic acids is 1. The highest BCUT2D eigenvalue weighted by Crippen LogP contribution is 2.30. The second-order valence-electron chi connectivity index (χ2n) is 6.43. The molecule has 5 nitrogen and oxygen atoms in total. The van der Waals surface area contributed by atoms with E-state index in [9.17, 15) is 14.7 Å². The minimum Gasteiger partial charge on any atom is -0.481 e. The van der Waals surface area contributed by atoms with Crippen LogP contribution in [0.5, 0.6) is 0 Å². The van der Waals surface area contributed by atoms with Crippen molar-refractivity contribution >= 4 is 11.8 Å². The number of hydrogen-bond donors (Lipinski definition) is 2. The van der Waals surface area contributed by atoms with Crippen LogP contribution in [0.25, 0.3) is 0 Å². The van der Waals surface area contributed by atoms with Gasteiger partial charge >= 0.3 is 5.97 Å². The van der Waals surface area contributed by atoms with Gasteiger partial charge in [-0.3, -0.25) is 9.59 Å². The molecule has 2 aromatic rings. The van der Waals surface area contributed by atoms with E-state index in [0.717, 1.165) is 26.1 Å². The zero-order chi connectivity index (χ0) is 20.8. The van der Waals surface area contributed by atoms with Crippen LogP contribution in [0.15, 0.2) is 60.7 Å². The van der Waals surface area contributed by atoms with Crippen molar-refractivity contribution in [2.45, 2.75) is 45.1 Å². The Morgan fingerprint density at radius 1 is 0.893 bits per heavy atom. The van der Waals surface area contributed by atoms with E-state index in [0.29, 0.717) is 11.1 Å². The normalized spacial score (nSPS) is 12.4. The summed E-state index contributed by atoms with van der Waals surface area (Å²) in [6.07, 6.45) is 1.82. The minimum absolute atomic E-state index is 0.167. The molecule has 0 aliphatic heterocycles. The molecular formula is C23H30O5. The summed E-state index contributed by atoms with van der Waals surface area (Å²) < 4.78 is 5.13. The number of benzene rings is 2. The van der Waals surface area contributed by atoms with Gasteiger partial charge in [0.2, 0.25) is 0 Å². The third-order valence-electron chi connectivity index (χ3n) is 4.06. The van der Waals surface area contributed by atoms with Gasteiger partial charge in [0.05, 0.1) is 0 Å². The largest absolute Gasteiger partial charge is 0.481 e. The molecule has 0 spiro atoms. The van der Waals surface area contributed by atoms with Crippen molar-refractivity contribution in [1.29, 1.82) is 0 Å². The molecule has 5 heteroatoms. The smallest absolute Gasteiger partial charge is 0.303 e. The topological polar surface area (TPSA) is 83.8 Å². The summed E-state index contributed by atoms with van der Waals surface area (Å²) >= 11 is 0. The van der Waals surface area contributed by atoms with Gasteiger partial charge in [-0.2, -0.15) is 0 Å². The number of carboxylic acid groups (broad SMARTS) is 1. The number of carbonyl (C=O) groups excluding carboxylic acids is 1. The van der Waals surface area contributed by atoms with Crippen LogP contribution in [0.3, 0.4) is 0 Å². The first-order chi connectivity index (χ1) is 13.5. The van der Waals surface area contributed by atoms with Gasteiger partial charge in [-0.25, -0.2) is 0 Å². The molecular weight excluding hydrogens is 356 g/mol. The lowest BCUT2D eigenvalue weighted by Gasteiger charge is -2.27. The van der Waals surface area contributed by atoms with Crippen molar-refractivity contribution in [1.82, 2.24) is 0 Å². The molecule has 2 aromatic carbocycles. The van der Waals surface area contributed by atoms with Gasteiger partial charge < -0.3 is 14.9 Å². The highest BCUT2D eigenvalue weighted by molar-refractivity contribution is 6.03. The standard InChI is InChI=1S/C17H16O4.C6H14O/c18-15(19)11-12-17(21,14-9-5-2-6-10-14)16(20)13-7-3-1-4-8-13;1-3-5-7-6-4-2/h1-10,21H,11-12H2,(H,18,19);3-6H2,1-2H3. The molecule has 152 valence electrons. The molecule has 0 amide bonds. The van der Waals surface area contributed by atoms with Crippen LogP contribution in [0.2, 0.25) is 0 Å². The number of carbonyl (C=O) groups is 2. The lowest BCUT2D eigenvalue weighted by atomic mass is 9.82. The maximum atomic E-state index is 12.6. The highest BCUT2D eigenvalue weighted by Gasteiger charge is 2.38. The molecule has 0 radical (unpaired) electrons. The monoisotopic (exact) mass is 386 g/mol. The lowest BCUT2D eigenvalue weighted by Crippen LogP contribution is -2.36. The van der Waals surface area contributed by atoms with E-state index in [1.54, 1.807) is 60.7 Å². The van der Waals surface area contributed by atoms with E-state index in [4.69, 9.17) is 9.84 Å². The average Bonchev–Trinajstić information content (AvgIpc) is 2.73. The molecule has 0 fully saturated rings. The van der Waals surface area contributed by atoms with Crippen LogP contribution in [0.1, 0.15) is 55.5 Å². The van der Waals surface area contributed by atoms with Crippen molar-refractivity contribution in [2.75, 3.05) is 13.2 Å². The molecule has 1 atom stereocenters. The fraction of sp³-hybridized carbons (Fsp3) is 0.391. The fourth-order valence-corrected chi connectivity index (χ4v) is 2.61. The first-order valence-corrected chi connectivity index (χ1v) is 9.63. The van der Waals surface area contributed by atoms with E-state index < -0.39 is 17.4 Å². The Balaban J connectivity index is 0.000000480. The molecule has 0 bridgehead atoms. The molecule has 0 saturated carbocycles. The van der Waals surface area contributed by atoms with Gasteiger partial charge in [0.15, 0.2) is 11.4 Å². The molecule has 2 rings (SSSR count). The molecule has 0 saturated heterocycles. The maximum Gasteiger partial charge on any atom is 0.303 e. The Morgan fingerprint density at radius 2 is 1.39 bits per heavy atom. The van der Waals surface area contributed by atoms with E-state index in [1.807, 2.05) is 0 Å². The van der Waals surface area contributed by atoms with Gasteiger partial charge in [-0.1, -0.05) is 74.5 Å². The van der Waals surface area contributed by atoms with Crippen molar-refractivity contribution in [2.24, 2.45) is 0 Å². The first-order valence-electron chi connectivity index (χ1n) is 9.63. The van der Waals surface area contributed by atoms with E-state index >= 15 is 0 Å². The lowest BCUT2D eigenvalue weighted by molar-refractivity contribution is -0.138. The number of ketones is 1. The summed E-state index contributed by atoms with van der Waals surface area (Å²) in [6, 6.07) is 16.8. The van der Waals surface area contributed by atoms with Gasteiger partial charge in [-0.05, 0) is 24.8 Å². The Kier molecular flexibility index (Phi) is 10.8. The first kappa shape index (κ1) is 23.5. The maximum absolute atomic E-state index is 12.6. The SMILES string of the molecule is CCCOCCC.O=C(O)CCC(O)(C(=O)c1ccccc1)c1ccccc1. The average molecular weight is 386 g/mol. The predicted molar refractivity (Wildman–Crippen MR) is 109 cm³/mol. The molecule has 2 N–H and O–H groups in total. The molecule has 0 aliphatic carbocycles. The van der Waals surface area contributed by atoms with Gasteiger partial charge in [0.25, 0.3) is 0 Å². The zero-order valence-electron chi connectivity index (χ0n) is 16.6. The van der Waals surface area contributed by atoms with Gasteiger partial charge in [0.1, 0.15) is 0 Å². The zero-order valence-corrected chi connectivity index (χ0v) is 16.6. The second-order valence-corrected chi connectivity index (χ2v) is 6.43. The van der Waals surface area contributed by atoms with E-state index in [1.165, 1.54) is 0 Å². The Morgan fingerprint density at radius 3 is 1.86 bits per heavy atom. The number of Topliss-reactive ketones (excluding diaryl/α,β-unsaturated/α-hetero) is 1. The quantitative estimate of drug-likeness (QED) is 0.466. The van der Waals surface area contributed by atoms with Crippen LogP contribution < -0.4 is 0 Å². The van der Waals surface area contributed by atoms with Crippen molar-refractivity contribution < 1.29 is 24.5 Å². The molecule has 0 aromatic heterocycles. The summed E-state index contributed by atoms with van der Waals surface area (Å²) in [5, 5.41) is 19.7. The van der Waals surface area contributed by atoms with Crippen LogP contribution in [-0.2, 0) is 15.1 Å². The van der Waals surface area contributed by atoms with Crippen LogP contribution in [0, 0.1) is 0 Å². The van der Waals surface area contributed by atoms with Crippen molar-refractivity contribution in [3.63, 3.8) is 0 Å². The summed E-state index contributed by atoms with van der Waals surface area (Å²) in [7, 11) is 0. The van der Waals surface area contributed by atoms with Crippen LogP contribution >= 0.6 is 0 Å². The van der Waals surface area contributed by atoms with Crippen molar-refractivity contribution in [3.05, 3.63) is 71.8 Å². The Bertz CT molecular complexity index is 695. The second kappa shape index (κ2) is 12.8. The Hall–Kier alpha value is -2.50. The van der Waals surface area contributed by atoms with Crippen LogP contribution in [0.4, 0.5) is 0 Å². The summed E-state index contributed by atoms with van der Waals surface area (Å²) in [5.41, 5.74) is -1.07. The van der Waals surface area contributed by atoms with Crippen LogP contribution in [-0.4, -0.2) is 35.2 Å².